The minimum absolute atomic E-state index is 0.199. The van der Waals surface area contributed by atoms with Gasteiger partial charge in [0, 0.05) is 12.5 Å². The Balaban J connectivity index is 1.70. The number of rotatable bonds is 13. The van der Waals surface area contributed by atoms with Crippen molar-refractivity contribution in [3.8, 4) is 0 Å². The Bertz CT molecular complexity index is 475. The molecule has 2 aliphatic rings. The molecule has 0 aliphatic heterocycles. The predicted octanol–water partition coefficient (Wildman–Crippen LogP) is 3.36. The van der Waals surface area contributed by atoms with E-state index in [-0.39, 0.29) is 18.1 Å². The van der Waals surface area contributed by atoms with Gasteiger partial charge in [-0.25, -0.2) is 0 Å². The minimum atomic E-state index is -0.361. The van der Waals surface area contributed by atoms with Crippen LogP contribution in [0.3, 0.4) is 0 Å². The average molecular weight is 379 g/mol. The third kappa shape index (κ3) is 7.69. The predicted molar refractivity (Wildman–Crippen MR) is 114 cm³/mol. The number of aliphatic hydroxyl groups excluding tert-OH is 2. The van der Waals surface area contributed by atoms with E-state index >= 15 is 0 Å². The first-order chi connectivity index (χ1) is 13.0. The smallest absolute Gasteiger partial charge is 0.0721 e. The molecule has 2 rings (SSSR count). The number of allylic oxidation sites excluding steroid dienone is 1. The Kier molecular flexibility index (Phi) is 10.1. The fraction of sp³-hybridized carbons (Fsp3) is 0.826. The normalized spacial score (nSPS) is 28.9. The SMILES string of the molecule is CCCCC[C@H](O)/C=C/[C@@H]1[C@H]2CC(CNCCCCN(C)C)=C[C@H]2C[C@H]1O. The lowest BCUT2D eigenvalue weighted by molar-refractivity contribution is 0.139. The number of aliphatic hydroxyl groups is 2. The van der Waals surface area contributed by atoms with E-state index in [1.54, 1.807) is 0 Å². The lowest BCUT2D eigenvalue weighted by Gasteiger charge is -2.19. The van der Waals surface area contributed by atoms with Crippen LogP contribution in [-0.4, -0.2) is 61.1 Å². The third-order valence-electron chi connectivity index (χ3n) is 6.17. The van der Waals surface area contributed by atoms with Crippen molar-refractivity contribution in [2.24, 2.45) is 17.8 Å². The summed E-state index contributed by atoms with van der Waals surface area (Å²) in [6, 6.07) is 0. The van der Waals surface area contributed by atoms with Crippen LogP contribution in [0.25, 0.3) is 0 Å². The van der Waals surface area contributed by atoms with E-state index in [1.165, 1.54) is 31.3 Å². The van der Waals surface area contributed by atoms with Crippen LogP contribution in [0.5, 0.6) is 0 Å². The van der Waals surface area contributed by atoms with Crippen LogP contribution in [0.2, 0.25) is 0 Å². The Morgan fingerprint density at radius 2 is 2.07 bits per heavy atom. The molecular formula is C23H42N2O2. The number of unbranched alkanes of at least 4 members (excludes halogenated alkanes) is 3. The van der Waals surface area contributed by atoms with E-state index in [2.05, 4.69) is 43.4 Å². The highest BCUT2D eigenvalue weighted by Gasteiger charge is 2.43. The summed E-state index contributed by atoms with van der Waals surface area (Å²) in [5.41, 5.74) is 1.51. The molecule has 5 atom stereocenters. The molecule has 156 valence electrons. The maximum absolute atomic E-state index is 10.4. The highest BCUT2D eigenvalue weighted by molar-refractivity contribution is 5.21. The van der Waals surface area contributed by atoms with Crippen LogP contribution < -0.4 is 5.32 Å². The van der Waals surface area contributed by atoms with Crippen LogP contribution in [0.4, 0.5) is 0 Å². The van der Waals surface area contributed by atoms with Gasteiger partial charge in [-0.3, -0.25) is 0 Å². The quantitative estimate of drug-likeness (QED) is 0.340. The molecule has 0 spiro atoms. The van der Waals surface area contributed by atoms with Gasteiger partial charge >= 0.3 is 0 Å². The van der Waals surface area contributed by atoms with Gasteiger partial charge in [0.2, 0.25) is 0 Å². The van der Waals surface area contributed by atoms with Crippen LogP contribution in [0.15, 0.2) is 23.8 Å². The molecule has 4 heteroatoms. The van der Waals surface area contributed by atoms with Gasteiger partial charge in [0.25, 0.3) is 0 Å². The first-order valence-electron chi connectivity index (χ1n) is 11.1. The summed E-state index contributed by atoms with van der Waals surface area (Å²) >= 11 is 0. The fourth-order valence-electron chi connectivity index (χ4n) is 4.62. The summed E-state index contributed by atoms with van der Waals surface area (Å²) in [6.45, 7) is 5.41. The van der Waals surface area contributed by atoms with Crippen LogP contribution in [0, 0.1) is 17.8 Å². The van der Waals surface area contributed by atoms with Crippen molar-refractivity contribution in [3.05, 3.63) is 23.8 Å². The maximum Gasteiger partial charge on any atom is 0.0721 e. The second kappa shape index (κ2) is 12.0. The van der Waals surface area contributed by atoms with Crippen molar-refractivity contribution in [2.75, 3.05) is 33.7 Å². The Labute approximate surface area is 166 Å². The van der Waals surface area contributed by atoms with Gasteiger partial charge in [0.15, 0.2) is 0 Å². The van der Waals surface area contributed by atoms with Crippen molar-refractivity contribution >= 4 is 0 Å². The van der Waals surface area contributed by atoms with E-state index in [0.717, 1.165) is 45.3 Å². The topological polar surface area (TPSA) is 55.7 Å². The van der Waals surface area contributed by atoms with E-state index in [0.29, 0.717) is 11.8 Å². The first-order valence-corrected chi connectivity index (χ1v) is 11.1. The lowest BCUT2D eigenvalue weighted by atomic mass is 9.89. The minimum Gasteiger partial charge on any atom is -0.392 e. The van der Waals surface area contributed by atoms with E-state index < -0.39 is 0 Å². The van der Waals surface area contributed by atoms with Crippen molar-refractivity contribution in [3.63, 3.8) is 0 Å². The van der Waals surface area contributed by atoms with Crippen LogP contribution >= 0.6 is 0 Å². The molecular weight excluding hydrogens is 336 g/mol. The summed E-state index contributed by atoms with van der Waals surface area (Å²) in [4.78, 5) is 2.24. The molecule has 0 unspecified atom stereocenters. The molecule has 1 fully saturated rings. The molecule has 0 aromatic rings. The lowest BCUT2D eigenvalue weighted by Crippen LogP contribution is -2.22. The van der Waals surface area contributed by atoms with Gasteiger partial charge in [-0.15, -0.1) is 0 Å². The van der Waals surface area contributed by atoms with Crippen molar-refractivity contribution in [2.45, 2.75) is 70.5 Å². The van der Waals surface area contributed by atoms with Crippen LogP contribution in [0.1, 0.15) is 58.3 Å². The fourth-order valence-corrected chi connectivity index (χ4v) is 4.62. The van der Waals surface area contributed by atoms with Gasteiger partial charge in [0.05, 0.1) is 12.2 Å². The third-order valence-corrected chi connectivity index (χ3v) is 6.17. The zero-order chi connectivity index (χ0) is 19.6. The second-order valence-corrected chi connectivity index (χ2v) is 8.87. The highest BCUT2D eigenvalue weighted by Crippen LogP contribution is 2.47. The highest BCUT2D eigenvalue weighted by atomic mass is 16.3. The molecule has 0 aromatic carbocycles. The number of nitrogens with zero attached hydrogens (tertiary/aromatic N) is 1. The standard InChI is InChI=1S/C23H42N2O2/c1-4-5-6-9-20(26)10-11-21-22-15-18(14-19(22)16-23(21)27)17-24-12-7-8-13-25(2)3/h10-11,14,19-24,26-27H,4-9,12-13,15-17H2,1-3H3/b11-10+/t19-,20-,21+,22-,23+/m0/s1. The molecule has 0 heterocycles. The number of nitrogens with one attached hydrogen (secondary N) is 1. The first kappa shape index (κ1) is 22.6. The van der Waals surface area contributed by atoms with Gasteiger partial charge in [0.1, 0.15) is 0 Å². The Morgan fingerprint density at radius 1 is 1.26 bits per heavy atom. The second-order valence-electron chi connectivity index (χ2n) is 8.87. The summed E-state index contributed by atoms with van der Waals surface area (Å²) in [7, 11) is 4.25. The van der Waals surface area contributed by atoms with E-state index in [1.807, 2.05) is 6.08 Å². The van der Waals surface area contributed by atoms with Crippen LogP contribution in [-0.2, 0) is 0 Å². The Hall–Kier alpha value is -0.680. The molecule has 3 N–H and O–H groups in total. The molecule has 4 nitrogen and oxygen atoms in total. The monoisotopic (exact) mass is 378 g/mol. The number of fused-ring (bicyclic) bond motifs is 1. The molecule has 0 amide bonds. The summed E-state index contributed by atoms with van der Waals surface area (Å²) < 4.78 is 0. The average Bonchev–Trinajstić information content (AvgIpc) is 3.12. The molecule has 1 saturated carbocycles. The number of hydrogen-bond acceptors (Lipinski definition) is 4. The Morgan fingerprint density at radius 3 is 2.81 bits per heavy atom. The molecule has 2 aliphatic carbocycles. The maximum atomic E-state index is 10.4. The molecule has 0 aromatic heterocycles. The largest absolute Gasteiger partial charge is 0.392 e. The molecule has 0 radical (unpaired) electrons. The summed E-state index contributed by atoms with van der Waals surface area (Å²) in [5.74, 6) is 1.23. The van der Waals surface area contributed by atoms with Gasteiger partial charge in [-0.05, 0) is 71.1 Å². The number of hydrogen-bond donors (Lipinski definition) is 3. The molecule has 27 heavy (non-hydrogen) atoms. The molecule has 0 bridgehead atoms. The van der Waals surface area contributed by atoms with Gasteiger partial charge in [-0.1, -0.05) is 50.0 Å². The van der Waals surface area contributed by atoms with Gasteiger partial charge < -0.3 is 20.4 Å². The molecule has 0 saturated heterocycles. The summed E-state index contributed by atoms with van der Waals surface area (Å²) in [6.07, 6.45) is 14.5. The van der Waals surface area contributed by atoms with E-state index in [4.69, 9.17) is 0 Å². The zero-order valence-corrected chi connectivity index (χ0v) is 17.7. The van der Waals surface area contributed by atoms with E-state index in [9.17, 15) is 10.2 Å². The van der Waals surface area contributed by atoms with Crippen molar-refractivity contribution in [1.82, 2.24) is 10.2 Å². The van der Waals surface area contributed by atoms with Crippen molar-refractivity contribution in [1.29, 1.82) is 0 Å². The van der Waals surface area contributed by atoms with Crippen molar-refractivity contribution < 1.29 is 10.2 Å². The summed E-state index contributed by atoms with van der Waals surface area (Å²) in [5, 5.41) is 24.2. The van der Waals surface area contributed by atoms with Gasteiger partial charge in [-0.2, -0.15) is 0 Å². The zero-order valence-electron chi connectivity index (χ0n) is 17.7.